The van der Waals surface area contributed by atoms with E-state index in [1.165, 1.54) is 77.0 Å². The molecule has 0 atom stereocenters. The average molecular weight is 517 g/mol. The van der Waals surface area contributed by atoms with E-state index >= 15 is 0 Å². The molecule has 1 aromatic carbocycles. The van der Waals surface area contributed by atoms with Gasteiger partial charge in [-0.25, -0.2) is 8.78 Å². The monoisotopic (exact) mass is 516 g/mol. The summed E-state index contributed by atoms with van der Waals surface area (Å²) >= 11 is 0. The third kappa shape index (κ3) is 7.15. The van der Waals surface area contributed by atoms with Crippen molar-refractivity contribution in [3.05, 3.63) is 28.8 Å². The number of ether oxygens (including phenoxy) is 1. The Morgan fingerprint density at radius 1 is 0.811 bits per heavy atom. The summed E-state index contributed by atoms with van der Waals surface area (Å²) in [5.41, 5.74) is 0.708. The van der Waals surface area contributed by atoms with E-state index in [9.17, 15) is 13.6 Å². The van der Waals surface area contributed by atoms with Crippen molar-refractivity contribution < 1.29 is 18.3 Å². The Morgan fingerprint density at radius 2 is 1.30 bits per heavy atom. The third-order valence-corrected chi connectivity index (χ3v) is 10.4. The SMILES string of the molecule is CCCC1CCC(C2CCC(C3CCC(CC(=O)c4ccc(OCC)c(C(F)F)c4C)CC3)CC2)CC1. The first kappa shape index (κ1) is 28.6. The van der Waals surface area contributed by atoms with E-state index in [0.717, 1.165) is 42.4 Å². The van der Waals surface area contributed by atoms with Gasteiger partial charge in [0.05, 0.1) is 12.2 Å². The number of carbonyl (C=O) groups is 1. The number of hydrogen-bond acceptors (Lipinski definition) is 2. The Balaban J connectivity index is 1.22. The smallest absolute Gasteiger partial charge is 0.267 e. The van der Waals surface area contributed by atoms with Gasteiger partial charge in [0, 0.05) is 12.0 Å². The van der Waals surface area contributed by atoms with Crippen LogP contribution in [-0.2, 0) is 0 Å². The lowest BCUT2D eigenvalue weighted by Crippen LogP contribution is -2.30. The van der Waals surface area contributed by atoms with E-state index in [2.05, 4.69) is 6.92 Å². The van der Waals surface area contributed by atoms with Crippen LogP contribution in [0, 0.1) is 42.4 Å². The van der Waals surface area contributed by atoms with Gasteiger partial charge in [0.15, 0.2) is 5.78 Å². The van der Waals surface area contributed by atoms with Gasteiger partial charge in [-0.2, -0.15) is 0 Å². The Hall–Kier alpha value is -1.45. The number of rotatable bonds is 10. The number of halogens is 2. The maximum absolute atomic E-state index is 13.7. The molecule has 0 radical (unpaired) electrons. The van der Waals surface area contributed by atoms with Crippen LogP contribution in [0.1, 0.15) is 138 Å². The number of alkyl halides is 2. The van der Waals surface area contributed by atoms with Crippen molar-refractivity contribution in [1.82, 2.24) is 0 Å². The number of ketones is 1. The molecule has 4 heteroatoms. The minimum atomic E-state index is -2.64. The Labute approximate surface area is 224 Å². The van der Waals surface area contributed by atoms with Crippen molar-refractivity contribution in [2.45, 2.75) is 124 Å². The van der Waals surface area contributed by atoms with E-state index in [4.69, 9.17) is 4.74 Å². The summed E-state index contributed by atoms with van der Waals surface area (Å²) in [4.78, 5) is 13.1. The molecule has 0 bridgehead atoms. The molecule has 0 saturated heterocycles. The van der Waals surface area contributed by atoms with Gasteiger partial charge in [0.25, 0.3) is 6.43 Å². The molecule has 0 spiro atoms. The van der Waals surface area contributed by atoms with Crippen LogP contribution in [0.5, 0.6) is 5.75 Å². The van der Waals surface area contributed by atoms with Crippen molar-refractivity contribution in [1.29, 1.82) is 0 Å². The normalized spacial score (nSPS) is 30.9. The summed E-state index contributed by atoms with van der Waals surface area (Å²) in [6.45, 7) is 6.08. The largest absolute Gasteiger partial charge is 0.493 e. The number of hydrogen-bond donors (Lipinski definition) is 0. The third-order valence-electron chi connectivity index (χ3n) is 10.4. The standard InChI is InChI=1S/C33H50F2O2/c1-4-6-23-7-11-25(12-8-23)27-15-17-28(18-16-27)26-13-9-24(10-14-26)21-30(36)29-19-20-31(37-5-2)32(22(29)3)33(34)35/h19-20,23-28,33H,4-18,21H2,1-3H3. The maximum atomic E-state index is 13.7. The highest BCUT2D eigenvalue weighted by Gasteiger charge is 2.35. The van der Waals surface area contributed by atoms with Gasteiger partial charge in [-0.3, -0.25) is 4.79 Å². The van der Waals surface area contributed by atoms with Crippen molar-refractivity contribution in [3.8, 4) is 5.75 Å². The van der Waals surface area contributed by atoms with Crippen molar-refractivity contribution in [2.75, 3.05) is 6.61 Å². The van der Waals surface area contributed by atoms with Gasteiger partial charge in [0.2, 0.25) is 0 Å². The molecule has 3 aliphatic carbocycles. The molecular formula is C33H50F2O2. The van der Waals surface area contributed by atoms with E-state index in [1.807, 2.05) is 0 Å². The molecule has 1 aromatic rings. The van der Waals surface area contributed by atoms with Crippen LogP contribution in [0.15, 0.2) is 12.1 Å². The lowest BCUT2D eigenvalue weighted by atomic mass is 9.64. The molecule has 4 rings (SSSR count). The molecular weight excluding hydrogens is 466 g/mol. The van der Waals surface area contributed by atoms with E-state index in [-0.39, 0.29) is 17.1 Å². The quantitative estimate of drug-likeness (QED) is 0.289. The fraction of sp³-hybridized carbons (Fsp3) is 0.788. The number of benzene rings is 1. The van der Waals surface area contributed by atoms with Gasteiger partial charge < -0.3 is 4.74 Å². The van der Waals surface area contributed by atoms with Crippen molar-refractivity contribution in [3.63, 3.8) is 0 Å². The molecule has 0 aromatic heterocycles. The zero-order chi connectivity index (χ0) is 26.4. The first-order valence-corrected chi connectivity index (χ1v) is 15.5. The van der Waals surface area contributed by atoms with E-state index in [1.54, 1.807) is 26.0 Å². The van der Waals surface area contributed by atoms with E-state index in [0.29, 0.717) is 30.1 Å². The first-order chi connectivity index (χ1) is 17.9. The maximum Gasteiger partial charge on any atom is 0.267 e. The van der Waals surface area contributed by atoms with Crippen LogP contribution in [0.25, 0.3) is 0 Å². The fourth-order valence-electron chi connectivity index (χ4n) is 8.24. The molecule has 0 N–H and O–H groups in total. The lowest BCUT2D eigenvalue weighted by molar-refractivity contribution is 0.0885. The number of carbonyl (C=O) groups excluding carboxylic acids is 1. The minimum absolute atomic E-state index is 0.0139. The molecule has 0 unspecified atom stereocenters. The molecule has 0 amide bonds. The Morgan fingerprint density at radius 3 is 1.76 bits per heavy atom. The highest BCUT2D eigenvalue weighted by atomic mass is 19.3. The summed E-state index contributed by atoms with van der Waals surface area (Å²) in [5, 5.41) is 0. The molecule has 0 heterocycles. The summed E-state index contributed by atoms with van der Waals surface area (Å²) in [6, 6.07) is 3.24. The Kier molecular flexibility index (Phi) is 10.5. The highest BCUT2D eigenvalue weighted by molar-refractivity contribution is 5.98. The van der Waals surface area contributed by atoms with Crippen LogP contribution in [0.2, 0.25) is 0 Å². The second-order valence-corrected chi connectivity index (χ2v) is 12.5. The first-order valence-electron chi connectivity index (χ1n) is 15.5. The van der Waals surface area contributed by atoms with Gasteiger partial charge >= 0.3 is 0 Å². The predicted molar refractivity (Wildman–Crippen MR) is 148 cm³/mol. The van der Waals surface area contributed by atoms with Gasteiger partial charge in [0.1, 0.15) is 5.75 Å². The van der Waals surface area contributed by atoms with Gasteiger partial charge in [-0.15, -0.1) is 0 Å². The fourth-order valence-corrected chi connectivity index (χ4v) is 8.24. The predicted octanol–water partition coefficient (Wildman–Crippen LogP) is 10.1. The highest BCUT2D eigenvalue weighted by Crippen LogP contribution is 2.46. The summed E-state index contributed by atoms with van der Waals surface area (Å²) in [6.07, 6.45) is 16.9. The van der Waals surface area contributed by atoms with Gasteiger partial charge in [-0.05, 0) is 131 Å². The summed E-state index contributed by atoms with van der Waals surface area (Å²) in [5.74, 6) is 5.28. The molecule has 2 nitrogen and oxygen atoms in total. The van der Waals surface area contributed by atoms with Crippen LogP contribution < -0.4 is 4.74 Å². The second kappa shape index (κ2) is 13.6. The zero-order valence-corrected chi connectivity index (χ0v) is 23.6. The Bertz CT molecular complexity index is 857. The molecule has 0 aliphatic heterocycles. The summed E-state index contributed by atoms with van der Waals surface area (Å²) < 4.78 is 32.8. The van der Waals surface area contributed by atoms with Crippen LogP contribution >= 0.6 is 0 Å². The molecule has 3 saturated carbocycles. The van der Waals surface area contributed by atoms with Crippen LogP contribution in [-0.4, -0.2) is 12.4 Å². The number of Topliss-reactive ketones (excluding diaryl/α,β-unsaturated/α-hetero) is 1. The van der Waals surface area contributed by atoms with Crippen LogP contribution in [0.3, 0.4) is 0 Å². The molecule has 37 heavy (non-hydrogen) atoms. The second-order valence-electron chi connectivity index (χ2n) is 12.5. The van der Waals surface area contributed by atoms with Crippen molar-refractivity contribution >= 4 is 5.78 Å². The lowest BCUT2D eigenvalue weighted by Gasteiger charge is -2.41. The van der Waals surface area contributed by atoms with Gasteiger partial charge in [-0.1, -0.05) is 32.6 Å². The molecule has 208 valence electrons. The average Bonchev–Trinajstić information content (AvgIpc) is 2.90. The zero-order valence-electron chi connectivity index (χ0n) is 23.6. The molecule has 3 aliphatic rings. The summed E-state index contributed by atoms with van der Waals surface area (Å²) in [7, 11) is 0. The van der Waals surface area contributed by atoms with E-state index < -0.39 is 6.43 Å². The van der Waals surface area contributed by atoms with Crippen LogP contribution in [0.4, 0.5) is 8.78 Å². The van der Waals surface area contributed by atoms with Crippen molar-refractivity contribution in [2.24, 2.45) is 35.5 Å². The molecule has 3 fully saturated rings. The minimum Gasteiger partial charge on any atom is -0.493 e. The topological polar surface area (TPSA) is 26.3 Å².